The van der Waals surface area contributed by atoms with E-state index < -0.39 is 9.84 Å². The number of fused-ring (bicyclic) bond motifs is 1. The molecule has 1 heterocycles. The van der Waals surface area contributed by atoms with E-state index in [0.29, 0.717) is 11.2 Å². The van der Waals surface area contributed by atoms with Gasteiger partial charge in [-0.15, -0.1) is 0 Å². The second kappa shape index (κ2) is 4.10. The van der Waals surface area contributed by atoms with E-state index >= 15 is 0 Å². The highest BCUT2D eigenvalue weighted by molar-refractivity contribution is 7.91. The minimum Gasteiger partial charge on any atom is -0.399 e. The highest BCUT2D eigenvalue weighted by atomic mass is 32.2. The average molecular weight is 273 g/mol. The average Bonchev–Trinajstić information content (AvgIpc) is 2.86. The van der Waals surface area contributed by atoms with Crippen molar-refractivity contribution >= 4 is 26.6 Å². The van der Waals surface area contributed by atoms with Crippen molar-refractivity contribution < 1.29 is 8.42 Å². The van der Waals surface area contributed by atoms with Gasteiger partial charge in [0, 0.05) is 5.69 Å². The van der Waals surface area contributed by atoms with Crippen LogP contribution in [0.5, 0.6) is 0 Å². The van der Waals surface area contributed by atoms with Gasteiger partial charge < -0.3 is 10.7 Å². The number of benzene rings is 2. The first-order valence-corrected chi connectivity index (χ1v) is 7.09. The summed E-state index contributed by atoms with van der Waals surface area (Å²) in [4.78, 5) is 7.41. The van der Waals surface area contributed by atoms with Gasteiger partial charge >= 0.3 is 0 Å². The van der Waals surface area contributed by atoms with Gasteiger partial charge in [0.05, 0.1) is 27.2 Å². The third-order valence-corrected chi connectivity index (χ3v) is 4.66. The zero-order chi connectivity index (χ0) is 13.5. The van der Waals surface area contributed by atoms with Crippen molar-refractivity contribution in [1.82, 2.24) is 9.97 Å². The number of nitrogen functional groups attached to an aromatic ring is 1. The monoisotopic (exact) mass is 273 g/mol. The fourth-order valence-corrected chi connectivity index (χ4v) is 3.15. The smallest absolute Gasteiger partial charge is 0.206 e. The maximum Gasteiger partial charge on any atom is 0.206 e. The molecule has 0 aliphatic rings. The maximum atomic E-state index is 12.4. The Morgan fingerprint density at radius 1 is 1.00 bits per heavy atom. The largest absolute Gasteiger partial charge is 0.399 e. The summed E-state index contributed by atoms with van der Waals surface area (Å²) >= 11 is 0. The van der Waals surface area contributed by atoms with Crippen LogP contribution in [-0.4, -0.2) is 18.4 Å². The Labute approximate surface area is 110 Å². The van der Waals surface area contributed by atoms with Gasteiger partial charge in [-0.1, -0.05) is 0 Å². The predicted molar refractivity (Wildman–Crippen MR) is 72.4 cm³/mol. The third kappa shape index (κ3) is 1.96. The lowest BCUT2D eigenvalue weighted by Gasteiger charge is -2.05. The fourth-order valence-electron chi connectivity index (χ4n) is 1.86. The van der Waals surface area contributed by atoms with E-state index in [2.05, 4.69) is 9.97 Å². The number of nitrogens with zero attached hydrogens (tertiary/aromatic N) is 1. The second-order valence-corrected chi connectivity index (χ2v) is 6.10. The normalized spacial score (nSPS) is 11.8. The van der Waals surface area contributed by atoms with E-state index in [4.69, 9.17) is 5.73 Å². The molecule has 3 aromatic rings. The van der Waals surface area contributed by atoms with Gasteiger partial charge in [0.15, 0.2) is 0 Å². The van der Waals surface area contributed by atoms with E-state index in [9.17, 15) is 8.42 Å². The third-order valence-electron chi connectivity index (χ3n) is 2.89. The van der Waals surface area contributed by atoms with Gasteiger partial charge in [0.2, 0.25) is 9.84 Å². The first-order chi connectivity index (χ1) is 9.07. The summed E-state index contributed by atoms with van der Waals surface area (Å²) in [6.07, 6.45) is 1.53. The van der Waals surface area contributed by atoms with Crippen molar-refractivity contribution in [2.24, 2.45) is 0 Å². The molecule has 0 unspecified atom stereocenters. The van der Waals surface area contributed by atoms with Crippen molar-refractivity contribution in [1.29, 1.82) is 0 Å². The van der Waals surface area contributed by atoms with Crippen LogP contribution in [0.1, 0.15) is 0 Å². The molecule has 3 N–H and O–H groups in total. The molecule has 0 spiro atoms. The van der Waals surface area contributed by atoms with Crippen LogP contribution in [0.4, 0.5) is 5.69 Å². The molecule has 0 fully saturated rings. The Balaban J connectivity index is 2.15. The number of nitrogens with two attached hydrogens (primary N) is 1. The molecular formula is C13H11N3O2S. The van der Waals surface area contributed by atoms with Crippen LogP contribution in [0.25, 0.3) is 11.0 Å². The Morgan fingerprint density at radius 3 is 2.42 bits per heavy atom. The van der Waals surface area contributed by atoms with E-state index in [1.54, 1.807) is 30.3 Å². The van der Waals surface area contributed by atoms with Crippen molar-refractivity contribution in [3.8, 4) is 0 Å². The molecule has 0 aliphatic heterocycles. The first-order valence-electron chi connectivity index (χ1n) is 5.61. The Bertz CT molecular complexity index is 836. The van der Waals surface area contributed by atoms with Crippen molar-refractivity contribution in [3.05, 3.63) is 48.8 Å². The summed E-state index contributed by atoms with van der Waals surface area (Å²) in [5.41, 5.74) is 7.52. The van der Waals surface area contributed by atoms with E-state index in [0.717, 1.165) is 5.52 Å². The van der Waals surface area contributed by atoms with Gasteiger partial charge in [-0.2, -0.15) is 0 Å². The number of hydrogen-bond acceptors (Lipinski definition) is 4. The number of rotatable bonds is 2. The van der Waals surface area contributed by atoms with Crippen molar-refractivity contribution in [3.63, 3.8) is 0 Å². The summed E-state index contributed by atoms with van der Waals surface area (Å²) in [5, 5.41) is 0. The lowest BCUT2D eigenvalue weighted by molar-refractivity contribution is 0.596. The molecule has 0 saturated heterocycles. The summed E-state index contributed by atoms with van der Waals surface area (Å²) in [7, 11) is -3.53. The highest BCUT2D eigenvalue weighted by Crippen LogP contribution is 2.23. The van der Waals surface area contributed by atoms with Gasteiger partial charge in [-0.05, 0) is 42.5 Å². The number of nitrogens with one attached hydrogen (secondary N) is 1. The molecule has 96 valence electrons. The highest BCUT2D eigenvalue weighted by Gasteiger charge is 2.18. The molecule has 19 heavy (non-hydrogen) atoms. The minimum absolute atomic E-state index is 0.223. The van der Waals surface area contributed by atoms with Crippen LogP contribution in [0.15, 0.2) is 58.6 Å². The summed E-state index contributed by atoms with van der Waals surface area (Å²) in [5.74, 6) is 0. The quantitative estimate of drug-likeness (QED) is 0.699. The molecule has 0 atom stereocenters. The topological polar surface area (TPSA) is 88.8 Å². The lowest BCUT2D eigenvalue weighted by atomic mass is 10.3. The number of anilines is 1. The number of aromatic amines is 1. The number of imidazole rings is 1. The molecule has 1 aromatic heterocycles. The van der Waals surface area contributed by atoms with Gasteiger partial charge in [-0.3, -0.25) is 0 Å². The maximum absolute atomic E-state index is 12.4. The molecule has 0 radical (unpaired) electrons. The second-order valence-electron chi connectivity index (χ2n) is 4.15. The number of aromatic nitrogens is 2. The van der Waals surface area contributed by atoms with E-state index in [1.165, 1.54) is 18.5 Å². The molecule has 6 heteroatoms. The van der Waals surface area contributed by atoms with Crippen LogP contribution < -0.4 is 5.73 Å². The summed E-state index contributed by atoms with van der Waals surface area (Å²) in [6, 6.07) is 11.0. The van der Waals surface area contributed by atoms with Crippen LogP contribution in [0, 0.1) is 0 Å². The van der Waals surface area contributed by atoms with Crippen molar-refractivity contribution in [2.75, 3.05) is 5.73 Å². The zero-order valence-electron chi connectivity index (χ0n) is 9.87. The predicted octanol–water partition coefficient (Wildman–Crippen LogP) is 1.98. The summed E-state index contributed by atoms with van der Waals surface area (Å²) in [6.45, 7) is 0. The Hall–Kier alpha value is -2.34. The van der Waals surface area contributed by atoms with Gasteiger partial charge in [-0.25, -0.2) is 13.4 Å². The number of H-pyrrole nitrogens is 1. The molecule has 0 aliphatic carbocycles. The molecule has 0 amide bonds. The van der Waals surface area contributed by atoms with Crippen LogP contribution in [-0.2, 0) is 9.84 Å². The van der Waals surface area contributed by atoms with E-state index in [-0.39, 0.29) is 9.79 Å². The van der Waals surface area contributed by atoms with E-state index in [1.807, 2.05) is 0 Å². The molecule has 0 saturated carbocycles. The van der Waals surface area contributed by atoms with Crippen LogP contribution in [0.2, 0.25) is 0 Å². The zero-order valence-corrected chi connectivity index (χ0v) is 10.7. The first kappa shape index (κ1) is 11.7. The molecule has 3 rings (SSSR count). The molecule has 5 nitrogen and oxygen atoms in total. The lowest BCUT2D eigenvalue weighted by Crippen LogP contribution is -2.02. The molecular weight excluding hydrogens is 262 g/mol. The van der Waals surface area contributed by atoms with Crippen molar-refractivity contribution in [2.45, 2.75) is 9.79 Å². The standard InChI is InChI=1S/C13H11N3O2S/c14-9-1-3-10(4-2-9)19(17,18)11-5-6-12-13(7-11)16-8-15-12/h1-8H,14H2,(H,15,16). The molecule has 0 bridgehead atoms. The van der Waals surface area contributed by atoms with Crippen LogP contribution in [0.3, 0.4) is 0 Å². The fraction of sp³-hybridized carbons (Fsp3) is 0. The number of sulfone groups is 1. The molecule has 2 aromatic carbocycles. The minimum atomic E-state index is -3.53. The Morgan fingerprint density at radius 2 is 1.68 bits per heavy atom. The number of hydrogen-bond donors (Lipinski definition) is 2. The Kier molecular flexibility index (Phi) is 2.53. The van der Waals surface area contributed by atoms with Gasteiger partial charge in [0.1, 0.15) is 0 Å². The van der Waals surface area contributed by atoms with Crippen LogP contribution >= 0.6 is 0 Å². The SMILES string of the molecule is Nc1ccc(S(=O)(=O)c2ccc3nc[nH]c3c2)cc1. The summed E-state index contributed by atoms with van der Waals surface area (Å²) < 4.78 is 24.9. The van der Waals surface area contributed by atoms with Gasteiger partial charge in [0.25, 0.3) is 0 Å².